The SMILES string of the molecule is CCS(=O)(=O)CC(C)NCC(O)C(C)(C)C. The molecule has 0 heterocycles. The van der Waals surface area contributed by atoms with Crippen LogP contribution in [0.5, 0.6) is 0 Å². The van der Waals surface area contributed by atoms with Gasteiger partial charge in [-0.2, -0.15) is 0 Å². The molecule has 0 aromatic heterocycles. The Labute approximate surface area is 99.4 Å². The third-order valence-electron chi connectivity index (χ3n) is 2.60. The molecule has 2 unspecified atom stereocenters. The van der Waals surface area contributed by atoms with Gasteiger partial charge in [0.15, 0.2) is 9.84 Å². The lowest BCUT2D eigenvalue weighted by Crippen LogP contribution is -2.42. The van der Waals surface area contributed by atoms with Crippen LogP contribution in [0.2, 0.25) is 0 Å². The number of hydrogen-bond acceptors (Lipinski definition) is 4. The second-order valence-corrected chi connectivity index (χ2v) is 7.79. The van der Waals surface area contributed by atoms with Crippen LogP contribution in [0.3, 0.4) is 0 Å². The molecule has 0 aromatic carbocycles. The van der Waals surface area contributed by atoms with Crippen LogP contribution >= 0.6 is 0 Å². The molecule has 0 radical (unpaired) electrons. The molecule has 0 aliphatic carbocycles. The first-order valence-electron chi connectivity index (χ1n) is 5.70. The molecular weight excluding hydrogens is 226 g/mol. The molecule has 0 amide bonds. The van der Waals surface area contributed by atoms with Gasteiger partial charge in [-0.1, -0.05) is 27.7 Å². The summed E-state index contributed by atoms with van der Waals surface area (Å²) >= 11 is 0. The summed E-state index contributed by atoms with van der Waals surface area (Å²) in [6, 6.07) is -0.123. The lowest BCUT2D eigenvalue weighted by Gasteiger charge is -2.27. The zero-order chi connectivity index (χ0) is 13.0. The molecule has 0 fully saturated rings. The van der Waals surface area contributed by atoms with E-state index >= 15 is 0 Å². The predicted octanol–water partition coefficient (Wildman–Crippen LogP) is 0.806. The normalized spacial score (nSPS) is 17.1. The van der Waals surface area contributed by atoms with Crippen LogP contribution in [0.1, 0.15) is 34.6 Å². The molecule has 2 atom stereocenters. The molecule has 0 spiro atoms. The minimum absolute atomic E-state index is 0.123. The third-order valence-corrected chi connectivity index (χ3v) is 4.49. The van der Waals surface area contributed by atoms with E-state index < -0.39 is 15.9 Å². The second kappa shape index (κ2) is 5.98. The van der Waals surface area contributed by atoms with Gasteiger partial charge < -0.3 is 10.4 Å². The molecule has 0 rings (SSSR count). The summed E-state index contributed by atoms with van der Waals surface area (Å²) in [6.07, 6.45) is -0.473. The minimum atomic E-state index is -2.95. The van der Waals surface area contributed by atoms with Crippen LogP contribution in [0, 0.1) is 5.41 Å². The van der Waals surface area contributed by atoms with Crippen LogP contribution in [-0.4, -0.2) is 43.7 Å². The van der Waals surface area contributed by atoms with Gasteiger partial charge in [0.2, 0.25) is 0 Å². The maximum absolute atomic E-state index is 11.3. The summed E-state index contributed by atoms with van der Waals surface area (Å²) in [4.78, 5) is 0. The van der Waals surface area contributed by atoms with Gasteiger partial charge in [0.1, 0.15) is 0 Å². The van der Waals surface area contributed by atoms with Gasteiger partial charge in [-0.25, -0.2) is 8.42 Å². The largest absolute Gasteiger partial charge is 0.391 e. The van der Waals surface area contributed by atoms with Crippen LogP contribution < -0.4 is 5.32 Å². The number of hydrogen-bond donors (Lipinski definition) is 2. The summed E-state index contributed by atoms with van der Waals surface area (Å²) in [7, 11) is -2.95. The van der Waals surface area contributed by atoms with Gasteiger partial charge in [0, 0.05) is 18.3 Å². The van der Waals surface area contributed by atoms with Crippen molar-refractivity contribution < 1.29 is 13.5 Å². The van der Waals surface area contributed by atoms with E-state index in [1.165, 1.54) is 0 Å². The zero-order valence-corrected chi connectivity index (χ0v) is 11.8. The lowest BCUT2D eigenvalue weighted by atomic mass is 9.89. The molecule has 0 aromatic rings. The Morgan fingerprint density at radius 2 is 1.81 bits per heavy atom. The molecule has 0 aliphatic heterocycles. The van der Waals surface area contributed by atoms with E-state index in [0.717, 1.165) is 0 Å². The lowest BCUT2D eigenvalue weighted by molar-refractivity contribution is 0.0615. The van der Waals surface area contributed by atoms with Crippen molar-refractivity contribution in [1.29, 1.82) is 0 Å². The van der Waals surface area contributed by atoms with Crippen molar-refractivity contribution in [2.24, 2.45) is 5.41 Å². The molecule has 5 heteroatoms. The summed E-state index contributed by atoms with van der Waals surface area (Å²) in [5.74, 6) is 0.293. The summed E-state index contributed by atoms with van der Waals surface area (Å²) in [5.41, 5.74) is -0.184. The molecule has 2 N–H and O–H groups in total. The highest BCUT2D eigenvalue weighted by Crippen LogP contribution is 2.18. The Kier molecular flexibility index (Phi) is 5.93. The average molecular weight is 251 g/mol. The van der Waals surface area contributed by atoms with E-state index in [-0.39, 0.29) is 23.0 Å². The van der Waals surface area contributed by atoms with Crippen LogP contribution in [0.15, 0.2) is 0 Å². The molecule has 0 saturated heterocycles. The Morgan fingerprint density at radius 1 is 1.31 bits per heavy atom. The van der Waals surface area contributed by atoms with Crippen molar-refractivity contribution in [2.45, 2.75) is 46.8 Å². The van der Waals surface area contributed by atoms with Crippen molar-refractivity contribution >= 4 is 9.84 Å². The maximum atomic E-state index is 11.3. The van der Waals surface area contributed by atoms with Crippen molar-refractivity contribution in [3.8, 4) is 0 Å². The zero-order valence-electron chi connectivity index (χ0n) is 10.9. The molecule has 0 bridgehead atoms. The molecule has 98 valence electrons. The number of sulfone groups is 1. The van der Waals surface area contributed by atoms with Gasteiger partial charge in [0.05, 0.1) is 11.9 Å². The Balaban J connectivity index is 4.05. The van der Waals surface area contributed by atoms with Crippen molar-refractivity contribution in [3.63, 3.8) is 0 Å². The standard InChI is InChI=1S/C11H25NO3S/c1-6-16(14,15)8-9(2)12-7-10(13)11(3,4)5/h9-10,12-13H,6-8H2,1-5H3. The fraction of sp³-hybridized carbons (Fsp3) is 1.00. The summed E-state index contributed by atoms with van der Waals surface area (Å²) in [5, 5.41) is 12.8. The molecular formula is C11H25NO3S. The number of aliphatic hydroxyl groups is 1. The Hall–Kier alpha value is -0.130. The fourth-order valence-electron chi connectivity index (χ4n) is 1.18. The van der Waals surface area contributed by atoms with Gasteiger partial charge >= 0.3 is 0 Å². The van der Waals surface area contributed by atoms with E-state index in [4.69, 9.17) is 0 Å². The average Bonchev–Trinajstić information content (AvgIpc) is 2.12. The minimum Gasteiger partial charge on any atom is -0.391 e. The van der Waals surface area contributed by atoms with Crippen LogP contribution in [0.4, 0.5) is 0 Å². The van der Waals surface area contributed by atoms with Crippen LogP contribution in [-0.2, 0) is 9.84 Å². The van der Waals surface area contributed by atoms with E-state index in [1.54, 1.807) is 6.92 Å². The fourth-order valence-corrected chi connectivity index (χ4v) is 2.29. The number of nitrogens with one attached hydrogen (secondary N) is 1. The van der Waals surface area contributed by atoms with Gasteiger partial charge in [-0.3, -0.25) is 0 Å². The van der Waals surface area contributed by atoms with Crippen molar-refractivity contribution in [3.05, 3.63) is 0 Å². The smallest absolute Gasteiger partial charge is 0.151 e. The van der Waals surface area contributed by atoms with Crippen LogP contribution in [0.25, 0.3) is 0 Å². The second-order valence-electron chi connectivity index (χ2n) is 5.39. The van der Waals surface area contributed by atoms with E-state index in [2.05, 4.69) is 5.32 Å². The maximum Gasteiger partial charge on any atom is 0.151 e. The number of aliphatic hydroxyl groups excluding tert-OH is 1. The van der Waals surface area contributed by atoms with E-state index in [1.807, 2.05) is 27.7 Å². The van der Waals surface area contributed by atoms with Gasteiger partial charge in [-0.15, -0.1) is 0 Å². The molecule has 0 saturated carbocycles. The van der Waals surface area contributed by atoms with Gasteiger partial charge in [-0.05, 0) is 12.3 Å². The van der Waals surface area contributed by atoms with Crippen molar-refractivity contribution in [2.75, 3.05) is 18.1 Å². The van der Waals surface area contributed by atoms with Crippen molar-refractivity contribution in [1.82, 2.24) is 5.32 Å². The topological polar surface area (TPSA) is 66.4 Å². The Bertz CT molecular complexity index is 293. The highest BCUT2D eigenvalue weighted by Gasteiger charge is 2.22. The molecule has 16 heavy (non-hydrogen) atoms. The first-order valence-corrected chi connectivity index (χ1v) is 7.52. The molecule has 4 nitrogen and oxygen atoms in total. The first kappa shape index (κ1) is 15.9. The van der Waals surface area contributed by atoms with E-state index in [0.29, 0.717) is 6.54 Å². The highest BCUT2D eigenvalue weighted by atomic mass is 32.2. The first-order chi connectivity index (χ1) is 7.08. The number of rotatable bonds is 6. The Morgan fingerprint density at radius 3 is 2.19 bits per heavy atom. The summed E-state index contributed by atoms with van der Waals surface area (Å²) < 4.78 is 22.7. The molecule has 0 aliphatic rings. The van der Waals surface area contributed by atoms with Gasteiger partial charge in [0.25, 0.3) is 0 Å². The predicted molar refractivity (Wildman–Crippen MR) is 67.3 cm³/mol. The van der Waals surface area contributed by atoms with E-state index in [9.17, 15) is 13.5 Å². The third kappa shape index (κ3) is 6.45. The monoisotopic (exact) mass is 251 g/mol. The summed E-state index contributed by atoms with van der Waals surface area (Å²) in [6.45, 7) is 9.74. The highest BCUT2D eigenvalue weighted by molar-refractivity contribution is 7.91. The quantitative estimate of drug-likeness (QED) is 0.733.